The average Bonchev–Trinajstić information content (AvgIpc) is 3.11. The van der Waals surface area contributed by atoms with Gasteiger partial charge in [0.2, 0.25) is 5.91 Å². The quantitative estimate of drug-likeness (QED) is 0.790. The molecule has 2 rings (SSSR count). The van der Waals surface area contributed by atoms with Gasteiger partial charge in [0.25, 0.3) is 0 Å². The molecule has 1 aliphatic rings. The number of hydrogen-bond donors (Lipinski definition) is 2. The number of anilines is 1. The number of nitrogens with one attached hydrogen (secondary N) is 2. The first-order valence-corrected chi connectivity index (χ1v) is 6.30. The molecule has 0 aliphatic heterocycles. The van der Waals surface area contributed by atoms with Crippen LogP contribution in [0.3, 0.4) is 0 Å². The Bertz CT molecular complexity index is 371. The molecular formula is C14H20N2O. The van der Waals surface area contributed by atoms with Crippen LogP contribution in [0.4, 0.5) is 5.69 Å². The summed E-state index contributed by atoms with van der Waals surface area (Å²) in [5.74, 6) is 0.0307. The van der Waals surface area contributed by atoms with Crippen LogP contribution in [0.15, 0.2) is 30.3 Å². The molecule has 3 nitrogen and oxygen atoms in total. The second-order valence-electron chi connectivity index (χ2n) is 4.87. The van der Waals surface area contributed by atoms with E-state index >= 15 is 0 Å². The van der Waals surface area contributed by atoms with Gasteiger partial charge < -0.3 is 10.6 Å². The van der Waals surface area contributed by atoms with Crippen LogP contribution in [0.2, 0.25) is 0 Å². The second kappa shape index (κ2) is 5.32. The Hall–Kier alpha value is -1.35. The van der Waals surface area contributed by atoms with Crippen molar-refractivity contribution in [2.24, 2.45) is 5.41 Å². The minimum absolute atomic E-state index is 0.0307. The van der Waals surface area contributed by atoms with Crippen molar-refractivity contribution in [1.29, 1.82) is 0 Å². The molecule has 0 aromatic heterocycles. The van der Waals surface area contributed by atoms with Crippen LogP contribution >= 0.6 is 0 Å². The Kier molecular flexibility index (Phi) is 3.79. The van der Waals surface area contributed by atoms with Gasteiger partial charge in [-0.05, 0) is 36.8 Å². The smallest absolute Gasteiger partial charge is 0.238 e. The van der Waals surface area contributed by atoms with Gasteiger partial charge in [0.15, 0.2) is 0 Å². The number of hydrogen-bond acceptors (Lipinski definition) is 2. The lowest BCUT2D eigenvalue weighted by atomic mass is 10.0. The monoisotopic (exact) mass is 232 g/mol. The molecule has 2 N–H and O–H groups in total. The molecule has 0 heterocycles. The summed E-state index contributed by atoms with van der Waals surface area (Å²) in [5, 5.41) is 6.11. The normalized spacial score (nSPS) is 16.5. The molecular weight excluding hydrogens is 212 g/mol. The Balaban J connectivity index is 1.68. The van der Waals surface area contributed by atoms with E-state index in [4.69, 9.17) is 0 Å². The Labute approximate surface area is 103 Å². The number of benzene rings is 1. The van der Waals surface area contributed by atoms with Gasteiger partial charge in [0.1, 0.15) is 0 Å². The lowest BCUT2D eigenvalue weighted by Crippen LogP contribution is -2.32. The highest BCUT2D eigenvalue weighted by molar-refractivity contribution is 5.92. The van der Waals surface area contributed by atoms with E-state index in [0.29, 0.717) is 12.0 Å². The average molecular weight is 232 g/mol. The summed E-state index contributed by atoms with van der Waals surface area (Å²) >= 11 is 0. The maximum Gasteiger partial charge on any atom is 0.238 e. The summed E-state index contributed by atoms with van der Waals surface area (Å²) in [6.45, 7) is 3.58. The first kappa shape index (κ1) is 12.1. The van der Waals surface area contributed by atoms with Gasteiger partial charge in [-0.1, -0.05) is 25.1 Å². The fourth-order valence-electron chi connectivity index (χ4n) is 2.00. The molecule has 1 saturated carbocycles. The molecule has 1 aromatic rings. The topological polar surface area (TPSA) is 41.1 Å². The molecule has 0 atom stereocenters. The number of amides is 1. The molecule has 0 unspecified atom stereocenters. The SMILES string of the molecule is CCC1(CNCC(=O)Nc2ccccc2)CC1. The van der Waals surface area contributed by atoms with E-state index in [1.165, 1.54) is 19.3 Å². The number of carbonyl (C=O) groups excluding carboxylic acids is 1. The predicted octanol–water partition coefficient (Wildman–Crippen LogP) is 2.40. The molecule has 1 aromatic carbocycles. The van der Waals surface area contributed by atoms with Crippen molar-refractivity contribution in [1.82, 2.24) is 5.32 Å². The summed E-state index contributed by atoms with van der Waals surface area (Å²) < 4.78 is 0. The fraction of sp³-hybridized carbons (Fsp3) is 0.500. The first-order chi connectivity index (χ1) is 8.24. The Morgan fingerprint density at radius 2 is 2.00 bits per heavy atom. The van der Waals surface area contributed by atoms with E-state index in [1.54, 1.807) is 0 Å². The van der Waals surface area contributed by atoms with Crippen molar-refractivity contribution in [3.63, 3.8) is 0 Å². The van der Waals surface area contributed by atoms with Crippen LogP contribution in [0.5, 0.6) is 0 Å². The second-order valence-corrected chi connectivity index (χ2v) is 4.87. The van der Waals surface area contributed by atoms with Crippen molar-refractivity contribution in [2.45, 2.75) is 26.2 Å². The Morgan fingerprint density at radius 1 is 1.29 bits per heavy atom. The van der Waals surface area contributed by atoms with Crippen LogP contribution in [0, 0.1) is 5.41 Å². The van der Waals surface area contributed by atoms with Crippen LogP contribution < -0.4 is 10.6 Å². The van der Waals surface area contributed by atoms with Gasteiger partial charge >= 0.3 is 0 Å². The minimum atomic E-state index is 0.0307. The van der Waals surface area contributed by atoms with E-state index in [9.17, 15) is 4.79 Å². The molecule has 17 heavy (non-hydrogen) atoms. The minimum Gasteiger partial charge on any atom is -0.325 e. The molecule has 0 bridgehead atoms. The summed E-state index contributed by atoms with van der Waals surface area (Å²) in [6, 6.07) is 9.56. The van der Waals surface area contributed by atoms with Crippen molar-refractivity contribution < 1.29 is 4.79 Å². The maximum atomic E-state index is 11.6. The van der Waals surface area contributed by atoms with Gasteiger partial charge in [-0.2, -0.15) is 0 Å². The zero-order valence-electron chi connectivity index (χ0n) is 10.3. The first-order valence-electron chi connectivity index (χ1n) is 6.30. The number of para-hydroxylation sites is 1. The summed E-state index contributed by atoms with van der Waals surface area (Å²) in [4.78, 5) is 11.6. The third-order valence-corrected chi connectivity index (χ3v) is 3.55. The van der Waals surface area contributed by atoms with Gasteiger partial charge in [0.05, 0.1) is 6.54 Å². The summed E-state index contributed by atoms with van der Waals surface area (Å²) in [7, 11) is 0. The highest BCUT2D eigenvalue weighted by Gasteiger charge is 2.39. The zero-order chi connectivity index (χ0) is 12.1. The maximum absolute atomic E-state index is 11.6. The molecule has 3 heteroatoms. The van der Waals surface area contributed by atoms with Crippen LogP contribution in [-0.2, 0) is 4.79 Å². The number of rotatable bonds is 6. The van der Waals surface area contributed by atoms with Gasteiger partial charge in [-0.3, -0.25) is 4.79 Å². The van der Waals surface area contributed by atoms with Gasteiger partial charge in [0, 0.05) is 12.2 Å². The zero-order valence-corrected chi connectivity index (χ0v) is 10.3. The summed E-state index contributed by atoms with van der Waals surface area (Å²) in [5.41, 5.74) is 1.35. The lowest BCUT2D eigenvalue weighted by Gasteiger charge is -2.13. The number of carbonyl (C=O) groups is 1. The van der Waals surface area contributed by atoms with Crippen LogP contribution in [0.1, 0.15) is 26.2 Å². The van der Waals surface area contributed by atoms with Crippen molar-refractivity contribution in [2.75, 3.05) is 18.4 Å². The molecule has 0 radical (unpaired) electrons. The van der Waals surface area contributed by atoms with Gasteiger partial charge in [-0.25, -0.2) is 0 Å². The van der Waals surface area contributed by atoms with Crippen molar-refractivity contribution in [3.05, 3.63) is 30.3 Å². The third-order valence-electron chi connectivity index (χ3n) is 3.55. The lowest BCUT2D eigenvalue weighted by molar-refractivity contribution is -0.115. The Morgan fingerprint density at radius 3 is 2.59 bits per heavy atom. The molecule has 1 amide bonds. The van der Waals surface area contributed by atoms with E-state index in [0.717, 1.165) is 12.2 Å². The van der Waals surface area contributed by atoms with Crippen LogP contribution in [0.25, 0.3) is 0 Å². The molecule has 0 spiro atoms. The van der Waals surface area contributed by atoms with Gasteiger partial charge in [-0.15, -0.1) is 0 Å². The van der Waals surface area contributed by atoms with E-state index in [-0.39, 0.29) is 5.91 Å². The van der Waals surface area contributed by atoms with E-state index in [2.05, 4.69) is 17.6 Å². The van der Waals surface area contributed by atoms with E-state index in [1.807, 2.05) is 30.3 Å². The van der Waals surface area contributed by atoms with Crippen molar-refractivity contribution >= 4 is 11.6 Å². The van der Waals surface area contributed by atoms with E-state index < -0.39 is 0 Å². The molecule has 92 valence electrons. The molecule has 0 saturated heterocycles. The molecule has 1 aliphatic carbocycles. The van der Waals surface area contributed by atoms with Crippen LogP contribution in [-0.4, -0.2) is 19.0 Å². The third kappa shape index (κ3) is 3.56. The highest BCUT2D eigenvalue weighted by Crippen LogP contribution is 2.47. The largest absolute Gasteiger partial charge is 0.325 e. The standard InChI is InChI=1S/C14H20N2O/c1-2-14(8-9-14)11-15-10-13(17)16-12-6-4-3-5-7-12/h3-7,15H,2,8-11H2,1H3,(H,16,17). The highest BCUT2D eigenvalue weighted by atomic mass is 16.1. The molecule has 1 fully saturated rings. The predicted molar refractivity (Wildman–Crippen MR) is 69.9 cm³/mol. The fourth-order valence-corrected chi connectivity index (χ4v) is 2.00. The summed E-state index contributed by atoms with van der Waals surface area (Å²) in [6.07, 6.45) is 3.81. The van der Waals surface area contributed by atoms with Crippen molar-refractivity contribution in [3.8, 4) is 0 Å².